The van der Waals surface area contributed by atoms with E-state index in [4.69, 9.17) is 33.2 Å². The van der Waals surface area contributed by atoms with Crippen molar-refractivity contribution in [1.82, 2.24) is 9.80 Å². The first-order valence-electron chi connectivity index (χ1n) is 22.6. The molecular weight excluding hydrogens is 789 g/mol. The van der Waals surface area contributed by atoms with Crippen LogP contribution in [0, 0.1) is 35.5 Å². The van der Waals surface area contributed by atoms with Crippen LogP contribution in [0.5, 0.6) is 0 Å². The number of aliphatic hydroxyl groups excluding tert-OH is 4. The molecule has 4 heterocycles. The fourth-order valence-electron chi connectivity index (χ4n) is 10.0. The van der Waals surface area contributed by atoms with E-state index in [1.165, 1.54) is 20.6 Å². The van der Waals surface area contributed by atoms with Crippen LogP contribution >= 0.6 is 0 Å². The Kier molecular flexibility index (Phi) is 20.3. The molecule has 0 aromatic carbocycles. The lowest BCUT2D eigenvalue weighted by Gasteiger charge is -2.47. The molecule has 0 aliphatic carbocycles. The predicted molar refractivity (Wildman–Crippen MR) is 229 cm³/mol. The normalized spacial score (nSPS) is 44.3. The molecule has 0 spiro atoms. The number of methoxy groups -OCH3 is 2. The molecule has 0 bridgehead atoms. The Morgan fingerprint density at radius 1 is 0.820 bits per heavy atom. The first-order valence-corrected chi connectivity index (χ1v) is 22.6. The molecule has 0 saturated carbocycles. The first-order chi connectivity index (χ1) is 28.8. The number of hydrogen-bond acceptors (Lipinski definition) is 15. The van der Waals surface area contributed by atoms with E-state index < -0.39 is 103 Å². The molecule has 15 heteroatoms. The smallest absolute Gasteiger partial charge is 0.308 e. The standard InChI is InChI=1S/C46H80N2O13/c1-13-36-33(24-57-46-44(56-12)43(55-11)40(53)31(8)59-46)19-25(2)14-15-34(49)28(5)20-32(16-17-48-22-26(3)18-27(4)23-48)42(29(6)35(50)21-37(51)60-36)61-45-41(54)38(47(9)10)39(52)30(7)58-45/h14-15,19,26-33,35-36,38-46,50,52-54H,13,16-18,20-24H2,1-12H3/b15-14+,25-19-/t26-,27+,28-,29+,30-,31-,32+,33-,35-,36+,38+,39-,40-,41-,42-,43-,44-,45+,46-/m1/s1. The maximum Gasteiger partial charge on any atom is 0.308 e. The van der Waals surface area contributed by atoms with Gasteiger partial charge in [0.1, 0.15) is 30.5 Å². The van der Waals surface area contributed by atoms with Gasteiger partial charge in [0.15, 0.2) is 18.4 Å². The Hall–Kier alpha value is -1.86. The summed E-state index contributed by atoms with van der Waals surface area (Å²) in [5.74, 6) is -1.46. The molecule has 0 aromatic rings. The molecule has 0 unspecified atom stereocenters. The molecule has 61 heavy (non-hydrogen) atoms. The van der Waals surface area contributed by atoms with Crippen LogP contribution in [0.15, 0.2) is 23.8 Å². The van der Waals surface area contributed by atoms with Crippen molar-refractivity contribution in [2.75, 3.05) is 54.6 Å². The first kappa shape index (κ1) is 51.8. The molecule has 0 radical (unpaired) electrons. The number of ether oxygens (including phenoxy) is 7. The van der Waals surface area contributed by atoms with Crippen molar-refractivity contribution in [3.63, 3.8) is 0 Å². The van der Waals surface area contributed by atoms with Gasteiger partial charge in [-0.05, 0) is 90.9 Å². The topological polar surface area (TPSA) is 186 Å². The third-order valence-corrected chi connectivity index (χ3v) is 13.5. The van der Waals surface area contributed by atoms with Gasteiger partial charge in [-0.15, -0.1) is 0 Å². The van der Waals surface area contributed by atoms with Crippen molar-refractivity contribution >= 4 is 11.8 Å². The van der Waals surface area contributed by atoms with Gasteiger partial charge in [-0.2, -0.15) is 0 Å². The largest absolute Gasteiger partial charge is 0.462 e. The van der Waals surface area contributed by atoms with Crippen LogP contribution in [0.25, 0.3) is 0 Å². The van der Waals surface area contributed by atoms with Crippen LogP contribution in [-0.2, 0) is 42.7 Å². The van der Waals surface area contributed by atoms with Crippen molar-refractivity contribution < 1.29 is 63.2 Å². The average Bonchev–Trinajstić information content (AvgIpc) is 3.19. The van der Waals surface area contributed by atoms with Crippen LogP contribution in [0.3, 0.4) is 0 Å². The Morgan fingerprint density at radius 3 is 2.05 bits per heavy atom. The van der Waals surface area contributed by atoms with E-state index in [0.29, 0.717) is 31.1 Å². The highest BCUT2D eigenvalue weighted by atomic mass is 16.7. The summed E-state index contributed by atoms with van der Waals surface area (Å²) < 4.78 is 42.6. The molecule has 19 atom stereocenters. The SMILES string of the molecule is CC[C@@H]1OC(=O)C[C@@H](O)[C@H](C)[C@@H](O[C@@H]2O[C@H](C)[C@@H](O)[C@H](N(C)C)[C@H]2O)[C@@H](CCN2C[C@H](C)C[C@H](C)C2)C[C@@H](C)C(=O)/C=C/C(C)=C\[C@@H]1CO[C@@H]1O[C@H](C)[C@@H](O)[C@@H](OC)[C@H]1OC. The zero-order chi connectivity index (χ0) is 45.3. The molecule has 4 N–H and O–H groups in total. The second-order valence-corrected chi connectivity index (χ2v) is 18.9. The minimum atomic E-state index is -1.23. The molecule has 0 amide bonds. The van der Waals surface area contributed by atoms with E-state index in [1.54, 1.807) is 45.0 Å². The number of carbonyl (C=O) groups excluding carboxylic acids is 2. The summed E-state index contributed by atoms with van der Waals surface area (Å²) in [7, 11) is 6.54. The van der Waals surface area contributed by atoms with Crippen LogP contribution in [0.1, 0.15) is 87.5 Å². The number of ketones is 1. The lowest BCUT2D eigenvalue weighted by molar-refractivity contribution is -0.304. The number of cyclic esters (lactones) is 1. The Bertz CT molecular complexity index is 1420. The van der Waals surface area contributed by atoms with Gasteiger partial charge in [0.05, 0.1) is 49.6 Å². The third kappa shape index (κ3) is 13.8. The molecular formula is C46H80N2O13. The summed E-state index contributed by atoms with van der Waals surface area (Å²) in [6, 6.07) is -0.684. The summed E-state index contributed by atoms with van der Waals surface area (Å²) in [5, 5.41) is 45.3. The quantitative estimate of drug-likeness (QED) is 0.209. The van der Waals surface area contributed by atoms with Crippen LogP contribution in [-0.4, -0.2) is 176 Å². The highest BCUT2D eigenvalue weighted by molar-refractivity contribution is 5.91. The van der Waals surface area contributed by atoms with Crippen molar-refractivity contribution in [2.45, 2.75) is 167 Å². The average molecular weight is 869 g/mol. The number of nitrogens with zero attached hydrogens (tertiary/aromatic N) is 2. The lowest BCUT2D eigenvalue weighted by Crippen LogP contribution is -2.63. The highest BCUT2D eigenvalue weighted by Crippen LogP contribution is 2.36. The van der Waals surface area contributed by atoms with E-state index in [2.05, 4.69) is 18.7 Å². The molecule has 3 fully saturated rings. The number of allylic oxidation sites excluding steroid dienone is 3. The van der Waals surface area contributed by atoms with E-state index >= 15 is 0 Å². The van der Waals surface area contributed by atoms with E-state index in [-0.39, 0.29) is 24.7 Å². The maximum atomic E-state index is 14.0. The predicted octanol–water partition coefficient (Wildman–Crippen LogP) is 3.34. The maximum absolute atomic E-state index is 14.0. The molecule has 4 aliphatic heterocycles. The monoisotopic (exact) mass is 869 g/mol. The highest BCUT2D eigenvalue weighted by Gasteiger charge is 2.48. The van der Waals surface area contributed by atoms with E-state index in [9.17, 15) is 30.0 Å². The summed E-state index contributed by atoms with van der Waals surface area (Å²) in [6.45, 7) is 18.2. The van der Waals surface area contributed by atoms with Crippen LogP contribution < -0.4 is 0 Å². The second-order valence-electron chi connectivity index (χ2n) is 18.9. The van der Waals surface area contributed by atoms with Crippen LogP contribution in [0.4, 0.5) is 0 Å². The Labute approximate surface area is 365 Å². The van der Waals surface area contributed by atoms with E-state index in [0.717, 1.165) is 25.2 Å². The van der Waals surface area contributed by atoms with Crippen molar-refractivity contribution in [2.24, 2.45) is 35.5 Å². The summed E-state index contributed by atoms with van der Waals surface area (Å²) in [4.78, 5) is 32.1. The summed E-state index contributed by atoms with van der Waals surface area (Å²) in [6.07, 6.45) is -2.96. The Morgan fingerprint density at radius 2 is 1.44 bits per heavy atom. The van der Waals surface area contributed by atoms with Gasteiger partial charge in [-0.25, -0.2) is 0 Å². The van der Waals surface area contributed by atoms with Gasteiger partial charge in [-0.1, -0.05) is 52.3 Å². The number of piperidine rings is 1. The molecule has 4 rings (SSSR count). The van der Waals surface area contributed by atoms with Crippen molar-refractivity contribution in [3.05, 3.63) is 23.8 Å². The fraction of sp³-hybridized carbons (Fsp3) is 0.870. The minimum Gasteiger partial charge on any atom is -0.462 e. The molecule has 3 saturated heterocycles. The third-order valence-electron chi connectivity index (χ3n) is 13.5. The number of likely N-dealkylation sites (tertiary alicyclic amines) is 1. The summed E-state index contributed by atoms with van der Waals surface area (Å²) >= 11 is 0. The van der Waals surface area contributed by atoms with Crippen molar-refractivity contribution in [1.29, 1.82) is 0 Å². The summed E-state index contributed by atoms with van der Waals surface area (Å²) in [5.41, 5.74) is 0.761. The molecule has 4 aliphatic rings. The number of carbonyl (C=O) groups is 2. The molecule has 15 nitrogen and oxygen atoms in total. The number of esters is 1. The zero-order valence-corrected chi connectivity index (χ0v) is 38.9. The number of hydrogen-bond donors (Lipinski definition) is 4. The number of likely N-dealkylation sites (N-methyl/N-ethyl adjacent to an activating group) is 1. The van der Waals surface area contributed by atoms with Gasteiger partial charge < -0.3 is 63.4 Å². The van der Waals surface area contributed by atoms with Gasteiger partial charge in [-0.3, -0.25) is 9.59 Å². The van der Waals surface area contributed by atoms with Gasteiger partial charge >= 0.3 is 5.97 Å². The lowest BCUT2D eigenvalue weighted by atomic mass is 9.79. The van der Waals surface area contributed by atoms with Gasteiger partial charge in [0.25, 0.3) is 0 Å². The fourth-order valence-corrected chi connectivity index (χ4v) is 10.0. The Balaban J connectivity index is 1.68. The number of aliphatic hydroxyl groups is 4. The number of rotatable bonds is 12. The molecule has 0 aromatic heterocycles. The van der Waals surface area contributed by atoms with Crippen LogP contribution in [0.2, 0.25) is 0 Å². The second kappa shape index (κ2) is 23.9. The molecule has 352 valence electrons. The zero-order valence-electron chi connectivity index (χ0n) is 38.9. The van der Waals surface area contributed by atoms with Gasteiger partial charge in [0, 0.05) is 45.1 Å². The van der Waals surface area contributed by atoms with Gasteiger partial charge in [0.2, 0.25) is 0 Å². The van der Waals surface area contributed by atoms with E-state index in [1.807, 2.05) is 33.8 Å². The minimum absolute atomic E-state index is 0.0427. The van der Waals surface area contributed by atoms with Crippen molar-refractivity contribution in [3.8, 4) is 0 Å².